The van der Waals surface area contributed by atoms with Crippen molar-refractivity contribution in [1.29, 1.82) is 0 Å². The van der Waals surface area contributed by atoms with E-state index < -0.39 is 46.8 Å². The summed E-state index contributed by atoms with van der Waals surface area (Å²) < 4.78 is 1.45. The number of hydrogen-bond donors (Lipinski definition) is 4. The maximum absolute atomic E-state index is 13.8. The van der Waals surface area contributed by atoms with Crippen LogP contribution in [0.1, 0.15) is 35.5 Å². The Labute approximate surface area is 255 Å². The normalized spacial score (nSPS) is 20.3. The van der Waals surface area contributed by atoms with Crippen LogP contribution in [0.5, 0.6) is 0 Å². The fourth-order valence-electron chi connectivity index (χ4n) is 4.87. The molecule has 2 unspecified atom stereocenters. The summed E-state index contributed by atoms with van der Waals surface area (Å²) in [6, 6.07) is -0.243. The molecule has 0 spiro atoms. The number of nitrogens with one attached hydrogen (secondary N) is 2. The van der Waals surface area contributed by atoms with Crippen LogP contribution < -0.4 is 21.5 Å². The number of carbonyl (C=O) groups is 4. The third-order valence-corrected chi connectivity index (χ3v) is 10.4. The highest BCUT2D eigenvalue weighted by atomic mass is 32.2. The number of carbonyl (C=O) groups excluding carboxylic acids is 3. The smallest absolute Gasteiger partial charge is 0.352 e. The molecule has 3 aliphatic rings. The summed E-state index contributed by atoms with van der Waals surface area (Å²) in [6.45, 7) is 0. The van der Waals surface area contributed by atoms with Crippen LogP contribution in [0.2, 0.25) is 0 Å². The predicted octanol–water partition coefficient (Wildman–Crippen LogP) is 0.390. The molecule has 1 saturated heterocycles. The van der Waals surface area contributed by atoms with Crippen LogP contribution in [0, 0.1) is 0 Å². The number of carboxylic acid groups (broad SMARTS) is 1. The van der Waals surface area contributed by atoms with Gasteiger partial charge in [0, 0.05) is 29.3 Å². The van der Waals surface area contributed by atoms with Crippen LogP contribution >= 0.6 is 34.9 Å². The molecule has 1 saturated carbocycles. The second-order valence-corrected chi connectivity index (χ2v) is 12.9. The van der Waals surface area contributed by atoms with Crippen molar-refractivity contribution in [3.63, 3.8) is 0 Å². The molecule has 5 N–H and O–H groups in total. The number of nitrogens with zero attached hydrogens (tertiary/aromatic N) is 7. The van der Waals surface area contributed by atoms with Crippen LogP contribution in [0.4, 0.5) is 10.5 Å². The number of rotatable bonds is 10. The molecule has 0 aromatic carbocycles. The molecule has 16 nitrogen and oxygen atoms in total. The molecule has 2 aliphatic heterocycles. The quantitative estimate of drug-likeness (QED) is 0.174. The van der Waals surface area contributed by atoms with E-state index in [1.807, 2.05) is 0 Å². The monoisotopic (exact) mass is 644 g/mol. The number of aromatic nitrogens is 6. The average Bonchev–Trinajstić information content (AvgIpc) is 3.53. The minimum atomic E-state index is -1.39. The number of anilines is 1. The Morgan fingerprint density at radius 1 is 1.33 bits per heavy atom. The Morgan fingerprint density at radius 3 is 2.72 bits per heavy atom. The molecule has 19 heteroatoms. The van der Waals surface area contributed by atoms with E-state index in [0.717, 1.165) is 34.0 Å². The minimum Gasteiger partial charge on any atom is -0.477 e. The number of hydrogen-bond acceptors (Lipinski definition) is 12. The number of H-pyrrole nitrogens is 1. The Morgan fingerprint density at radius 2 is 2.12 bits per heavy atom. The van der Waals surface area contributed by atoms with Gasteiger partial charge in [-0.1, -0.05) is 17.8 Å². The molecule has 43 heavy (non-hydrogen) atoms. The SMILES string of the molecule is Cn1nnnc1SCC1=C(C(=O)O)N2C(=O)C(NC(=O)C(c3cccs3)N(C(N)=O)c3cnc(C4CC4)[nH]c3=O)[C@H]2SC1. The molecule has 224 valence electrons. The number of β-lactam (4-membered cyclic amide) rings is 1. The van der Waals surface area contributed by atoms with Crippen LogP contribution in [0.25, 0.3) is 0 Å². The molecular weight excluding hydrogens is 621 g/mol. The van der Waals surface area contributed by atoms with Gasteiger partial charge < -0.3 is 21.1 Å². The first-order valence-electron chi connectivity index (χ1n) is 12.9. The largest absolute Gasteiger partial charge is 0.477 e. The molecule has 3 aromatic heterocycles. The average molecular weight is 645 g/mol. The van der Waals surface area contributed by atoms with E-state index in [1.54, 1.807) is 24.6 Å². The van der Waals surface area contributed by atoms with Crippen LogP contribution in [-0.4, -0.2) is 86.9 Å². The number of aromatic amines is 1. The van der Waals surface area contributed by atoms with Gasteiger partial charge in [0.25, 0.3) is 11.5 Å². The number of primary amides is 1. The summed E-state index contributed by atoms with van der Waals surface area (Å²) in [6.07, 6.45) is 3.01. The molecule has 0 bridgehead atoms. The number of amides is 4. The summed E-state index contributed by atoms with van der Waals surface area (Å²) in [5, 5.41) is 25.4. The molecule has 1 aliphatic carbocycles. The summed E-state index contributed by atoms with van der Waals surface area (Å²) >= 11 is 3.70. The molecule has 4 amide bonds. The third-order valence-electron chi connectivity index (χ3n) is 7.08. The summed E-state index contributed by atoms with van der Waals surface area (Å²) in [5.41, 5.74) is 5.23. The molecule has 3 aromatic rings. The predicted molar refractivity (Wildman–Crippen MR) is 155 cm³/mol. The van der Waals surface area contributed by atoms with Crippen molar-refractivity contribution in [2.75, 3.05) is 16.4 Å². The van der Waals surface area contributed by atoms with Gasteiger partial charge in [-0.3, -0.25) is 24.2 Å². The zero-order chi connectivity index (χ0) is 30.4. The van der Waals surface area contributed by atoms with Gasteiger partial charge in [-0.15, -0.1) is 28.2 Å². The van der Waals surface area contributed by atoms with Crippen molar-refractivity contribution in [1.82, 2.24) is 40.4 Å². The summed E-state index contributed by atoms with van der Waals surface area (Å²) in [4.78, 5) is 74.5. The van der Waals surface area contributed by atoms with E-state index in [1.165, 1.54) is 34.4 Å². The molecule has 5 heterocycles. The van der Waals surface area contributed by atoms with E-state index in [2.05, 4.69) is 30.8 Å². The number of aryl methyl sites for hydroxylation is 1. The zero-order valence-electron chi connectivity index (χ0n) is 22.4. The van der Waals surface area contributed by atoms with Crippen LogP contribution in [0.3, 0.4) is 0 Å². The number of thiophene rings is 1. The highest BCUT2D eigenvalue weighted by Gasteiger charge is 2.55. The summed E-state index contributed by atoms with van der Waals surface area (Å²) in [7, 11) is 1.66. The summed E-state index contributed by atoms with van der Waals surface area (Å²) in [5.74, 6) is -1.47. The van der Waals surface area contributed by atoms with Gasteiger partial charge in [-0.25, -0.2) is 19.3 Å². The Balaban J connectivity index is 1.24. The maximum Gasteiger partial charge on any atom is 0.352 e. The van der Waals surface area contributed by atoms with Gasteiger partial charge in [0.05, 0.1) is 6.20 Å². The molecular formula is C24H24N10O6S3. The topological polar surface area (TPSA) is 222 Å². The van der Waals surface area contributed by atoms with Crippen LogP contribution in [0.15, 0.2) is 44.9 Å². The van der Waals surface area contributed by atoms with Crippen LogP contribution in [-0.2, 0) is 21.4 Å². The number of carboxylic acids is 1. The zero-order valence-corrected chi connectivity index (χ0v) is 24.8. The lowest BCUT2D eigenvalue weighted by atomic mass is 10.0. The fourth-order valence-corrected chi connectivity index (χ4v) is 8.01. The van der Waals surface area contributed by atoms with Crippen molar-refractivity contribution >= 4 is 64.4 Å². The van der Waals surface area contributed by atoms with Gasteiger partial charge >= 0.3 is 12.0 Å². The first-order valence-corrected chi connectivity index (χ1v) is 15.8. The van der Waals surface area contributed by atoms with E-state index in [0.29, 0.717) is 21.4 Å². The van der Waals surface area contributed by atoms with E-state index in [9.17, 15) is 29.1 Å². The van der Waals surface area contributed by atoms with Gasteiger partial charge in [0.2, 0.25) is 11.1 Å². The minimum absolute atomic E-state index is 0.147. The standard InChI is InChI=1S/C24H24N10O6S3/c1-32-24(29-30-31-32)43-9-11-8-42-21-14(20(37)34(21)15(11)22(38)39)27-19(36)16(13-3-2-6-41-13)33(23(25)40)12-7-26-17(10-4-5-10)28-18(12)35/h2-3,6-7,10,14,16,21H,4-5,8-9H2,1H3,(H2,25,40)(H,27,36)(H,38,39)(H,26,28,35)/t14?,16?,21-/m1/s1. The Hall–Kier alpha value is -4.23. The first-order chi connectivity index (χ1) is 20.7. The number of tetrazole rings is 1. The van der Waals surface area contributed by atoms with Crippen molar-refractivity contribution in [2.45, 2.75) is 41.4 Å². The highest BCUT2D eigenvalue weighted by molar-refractivity contribution is 8.01. The van der Waals surface area contributed by atoms with Crippen molar-refractivity contribution in [2.24, 2.45) is 12.8 Å². The van der Waals surface area contributed by atoms with Crippen molar-refractivity contribution < 1.29 is 24.3 Å². The molecule has 2 fully saturated rings. The lowest BCUT2D eigenvalue weighted by molar-refractivity contribution is -0.150. The van der Waals surface area contributed by atoms with Gasteiger partial charge in [0.15, 0.2) is 6.04 Å². The molecule has 3 atom stereocenters. The number of aliphatic carboxylic acids is 1. The van der Waals surface area contributed by atoms with Gasteiger partial charge in [-0.05, 0) is 40.3 Å². The number of nitrogens with two attached hydrogens (primary N) is 1. The Kier molecular flexibility index (Phi) is 7.69. The number of urea groups is 1. The van der Waals surface area contributed by atoms with E-state index in [4.69, 9.17) is 5.73 Å². The second-order valence-electron chi connectivity index (χ2n) is 9.91. The van der Waals surface area contributed by atoms with E-state index in [-0.39, 0.29) is 28.8 Å². The molecule has 0 radical (unpaired) electrons. The third kappa shape index (κ3) is 5.38. The first kappa shape index (κ1) is 28.9. The van der Waals surface area contributed by atoms with Gasteiger partial charge in [0.1, 0.15) is 28.6 Å². The second kappa shape index (κ2) is 11.5. The Bertz CT molecular complexity index is 1700. The highest BCUT2D eigenvalue weighted by Crippen LogP contribution is 2.42. The van der Waals surface area contributed by atoms with Crippen molar-refractivity contribution in [3.8, 4) is 0 Å². The maximum atomic E-state index is 13.8. The lowest BCUT2D eigenvalue weighted by Gasteiger charge is -2.49. The lowest BCUT2D eigenvalue weighted by Crippen LogP contribution is -2.71. The van der Waals surface area contributed by atoms with Gasteiger partial charge in [-0.2, -0.15) is 0 Å². The van der Waals surface area contributed by atoms with Crippen molar-refractivity contribution in [3.05, 3.63) is 56.0 Å². The number of fused-ring (bicyclic) bond motifs is 1. The number of thioether (sulfide) groups is 2. The molecule has 6 rings (SSSR count). The fraction of sp³-hybridized carbons (Fsp3) is 0.375. The van der Waals surface area contributed by atoms with E-state index >= 15 is 0 Å².